The SMILES string of the molecule is CC(C)CC(NC(=O)c1ccc(Cl)cc1)C(=O)NC1CCNCC1.Cl. The summed E-state index contributed by atoms with van der Waals surface area (Å²) < 4.78 is 0. The summed E-state index contributed by atoms with van der Waals surface area (Å²) in [5.74, 6) is -0.0463. The van der Waals surface area contributed by atoms with Gasteiger partial charge in [0.15, 0.2) is 0 Å². The third-order valence-corrected chi connectivity index (χ3v) is 4.37. The van der Waals surface area contributed by atoms with Crippen LogP contribution in [0.15, 0.2) is 24.3 Å². The molecule has 1 aliphatic heterocycles. The van der Waals surface area contributed by atoms with Crippen molar-refractivity contribution in [3.8, 4) is 0 Å². The first-order chi connectivity index (χ1) is 11.5. The molecule has 0 aromatic heterocycles. The Hall–Kier alpha value is -1.30. The standard InChI is InChI=1S/C18H26ClN3O2.ClH/c1-12(2)11-16(18(24)21-15-7-9-20-10-8-15)22-17(23)13-3-5-14(19)6-4-13;/h3-6,12,15-16,20H,7-11H2,1-2H3,(H,21,24)(H,22,23);1H. The second-order valence-electron chi connectivity index (χ2n) is 6.70. The van der Waals surface area contributed by atoms with Gasteiger partial charge in [-0.05, 0) is 62.5 Å². The predicted molar refractivity (Wildman–Crippen MR) is 103 cm³/mol. The molecular formula is C18H27Cl2N3O2. The van der Waals surface area contributed by atoms with Crippen LogP contribution in [0.3, 0.4) is 0 Å². The molecule has 25 heavy (non-hydrogen) atoms. The number of carbonyl (C=O) groups is 2. The number of rotatable bonds is 6. The second kappa shape index (κ2) is 10.6. The van der Waals surface area contributed by atoms with Crippen LogP contribution in [-0.4, -0.2) is 37.0 Å². The minimum absolute atomic E-state index is 0. The van der Waals surface area contributed by atoms with Crippen molar-refractivity contribution in [1.82, 2.24) is 16.0 Å². The van der Waals surface area contributed by atoms with E-state index in [0.29, 0.717) is 22.9 Å². The van der Waals surface area contributed by atoms with Gasteiger partial charge < -0.3 is 16.0 Å². The smallest absolute Gasteiger partial charge is 0.251 e. The molecule has 0 spiro atoms. The Morgan fingerprint density at radius 1 is 1.20 bits per heavy atom. The molecule has 3 N–H and O–H groups in total. The Labute approximate surface area is 160 Å². The van der Waals surface area contributed by atoms with Crippen LogP contribution >= 0.6 is 24.0 Å². The summed E-state index contributed by atoms with van der Waals surface area (Å²) in [4.78, 5) is 25.0. The Bertz CT molecular complexity index is 558. The molecule has 0 saturated carbocycles. The van der Waals surface area contributed by atoms with Gasteiger partial charge in [-0.3, -0.25) is 9.59 Å². The Balaban J connectivity index is 0.00000312. The van der Waals surface area contributed by atoms with Gasteiger partial charge in [0, 0.05) is 16.6 Å². The summed E-state index contributed by atoms with van der Waals surface area (Å²) in [6, 6.07) is 6.32. The maximum Gasteiger partial charge on any atom is 0.251 e. The van der Waals surface area contributed by atoms with Gasteiger partial charge in [0.2, 0.25) is 5.91 Å². The first kappa shape index (κ1) is 21.7. The average molecular weight is 388 g/mol. The van der Waals surface area contributed by atoms with E-state index in [1.165, 1.54) is 0 Å². The topological polar surface area (TPSA) is 70.2 Å². The molecule has 0 aliphatic carbocycles. The zero-order valence-corrected chi connectivity index (χ0v) is 16.3. The van der Waals surface area contributed by atoms with Gasteiger partial charge in [0.25, 0.3) is 5.91 Å². The molecule has 0 bridgehead atoms. The van der Waals surface area contributed by atoms with E-state index < -0.39 is 6.04 Å². The van der Waals surface area contributed by atoms with Crippen molar-refractivity contribution >= 4 is 35.8 Å². The number of halogens is 2. The normalized spacial score (nSPS) is 16.0. The molecule has 1 heterocycles. The van der Waals surface area contributed by atoms with Gasteiger partial charge in [0.1, 0.15) is 6.04 Å². The highest BCUT2D eigenvalue weighted by Crippen LogP contribution is 2.12. The van der Waals surface area contributed by atoms with Crippen LogP contribution in [-0.2, 0) is 4.79 Å². The fourth-order valence-corrected chi connectivity index (χ4v) is 2.94. The zero-order valence-electron chi connectivity index (χ0n) is 14.7. The average Bonchev–Trinajstić information content (AvgIpc) is 2.55. The molecule has 1 unspecified atom stereocenters. The minimum atomic E-state index is -0.525. The monoisotopic (exact) mass is 387 g/mol. The van der Waals surface area contributed by atoms with Crippen molar-refractivity contribution in [2.75, 3.05) is 13.1 Å². The number of hydrogen-bond donors (Lipinski definition) is 3. The zero-order chi connectivity index (χ0) is 17.5. The Morgan fingerprint density at radius 2 is 1.80 bits per heavy atom. The number of amides is 2. The van der Waals surface area contributed by atoms with Crippen LogP contribution in [0.25, 0.3) is 0 Å². The van der Waals surface area contributed by atoms with E-state index >= 15 is 0 Å². The molecule has 1 aliphatic rings. The number of carbonyl (C=O) groups excluding carboxylic acids is 2. The molecule has 7 heteroatoms. The molecule has 0 radical (unpaired) electrons. The molecule has 2 rings (SSSR count). The largest absolute Gasteiger partial charge is 0.351 e. The minimum Gasteiger partial charge on any atom is -0.351 e. The highest BCUT2D eigenvalue weighted by atomic mass is 35.5. The first-order valence-electron chi connectivity index (χ1n) is 8.53. The lowest BCUT2D eigenvalue weighted by atomic mass is 10.0. The first-order valence-corrected chi connectivity index (χ1v) is 8.91. The lowest BCUT2D eigenvalue weighted by Gasteiger charge is -2.27. The van der Waals surface area contributed by atoms with E-state index in [1.54, 1.807) is 24.3 Å². The quantitative estimate of drug-likeness (QED) is 0.702. The van der Waals surface area contributed by atoms with Crippen LogP contribution < -0.4 is 16.0 Å². The van der Waals surface area contributed by atoms with E-state index in [2.05, 4.69) is 16.0 Å². The fraction of sp³-hybridized carbons (Fsp3) is 0.556. The third-order valence-electron chi connectivity index (χ3n) is 4.12. The number of benzene rings is 1. The lowest BCUT2D eigenvalue weighted by molar-refractivity contribution is -0.124. The number of piperidine rings is 1. The van der Waals surface area contributed by atoms with Gasteiger partial charge in [-0.1, -0.05) is 25.4 Å². The summed E-state index contributed by atoms with van der Waals surface area (Å²) in [6.45, 7) is 5.91. The van der Waals surface area contributed by atoms with E-state index in [-0.39, 0.29) is 30.3 Å². The molecule has 1 aromatic carbocycles. The Kier molecular flexibility index (Phi) is 9.25. The maximum absolute atomic E-state index is 12.6. The maximum atomic E-state index is 12.6. The summed E-state index contributed by atoms with van der Waals surface area (Å²) in [5, 5.41) is 9.79. The van der Waals surface area contributed by atoms with Crippen LogP contribution in [0.1, 0.15) is 43.5 Å². The predicted octanol–water partition coefficient (Wildman–Crippen LogP) is 2.77. The molecular weight excluding hydrogens is 361 g/mol. The molecule has 140 valence electrons. The summed E-state index contributed by atoms with van der Waals surface area (Å²) in [7, 11) is 0. The second-order valence-corrected chi connectivity index (χ2v) is 7.13. The van der Waals surface area contributed by atoms with Crippen molar-refractivity contribution in [2.45, 2.75) is 45.2 Å². The van der Waals surface area contributed by atoms with Gasteiger partial charge >= 0.3 is 0 Å². The van der Waals surface area contributed by atoms with Crippen LogP contribution in [0.5, 0.6) is 0 Å². The van der Waals surface area contributed by atoms with Gasteiger partial charge in [0.05, 0.1) is 0 Å². The molecule has 1 aromatic rings. The van der Waals surface area contributed by atoms with Gasteiger partial charge in [-0.25, -0.2) is 0 Å². The lowest BCUT2D eigenvalue weighted by Crippen LogP contribution is -2.52. The van der Waals surface area contributed by atoms with E-state index in [9.17, 15) is 9.59 Å². The molecule has 2 amide bonds. The van der Waals surface area contributed by atoms with E-state index in [0.717, 1.165) is 25.9 Å². The van der Waals surface area contributed by atoms with Gasteiger partial charge in [-0.2, -0.15) is 0 Å². The van der Waals surface area contributed by atoms with E-state index in [4.69, 9.17) is 11.6 Å². The van der Waals surface area contributed by atoms with Crippen molar-refractivity contribution in [3.63, 3.8) is 0 Å². The molecule has 1 atom stereocenters. The molecule has 1 fully saturated rings. The van der Waals surface area contributed by atoms with Crippen molar-refractivity contribution in [1.29, 1.82) is 0 Å². The van der Waals surface area contributed by atoms with Crippen molar-refractivity contribution in [3.05, 3.63) is 34.9 Å². The fourth-order valence-electron chi connectivity index (χ4n) is 2.81. The third kappa shape index (κ3) is 7.22. The highest BCUT2D eigenvalue weighted by molar-refractivity contribution is 6.30. The van der Waals surface area contributed by atoms with Crippen LogP contribution in [0, 0.1) is 5.92 Å². The number of hydrogen-bond acceptors (Lipinski definition) is 3. The molecule has 5 nitrogen and oxygen atoms in total. The Morgan fingerprint density at radius 3 is 2.36 bits per heavy atom. The van der Waals surface area contributed by atoms with Crippen molar-refractivity contribution in [2.24, 2.45) is 5.92 Å². The highest BCUT2D eigenvalue weighted by Gasteiger charge is 2.25. The van der Waals surface area contributed by atoms with Gasteiger partial charge in [-0.15, -0.1) is 12.4 Å². The van der Waals surface area contributed by atoms with Crippen molar-refractivity contribution < 1.29 is 9.59 Å². The summed E-state index contributed by atoms with van der Waals surface area (Å²) in [5.41, 5.74) is 0.503. The van der Waals surface area contributed by atoms with Crippen LogP contribution in [0.4, 0.5) is 0 Å². The van der Waals surface area contributed by atoms with Crippen LogP contribution in [0.2, 0.25) is 5.02 Å². The number of nitrogens with one attached hydrogen (secondary N) is 3. The van der Waals surface area contributed by atoms with E-state index in [1.807, 2.05) is 13.8 Å². The summed E-state index contributed by atoms with van der Waals surface area (Å²) in [6.07, 6.45) is 2.45. The summed E-state index contributed by atoms with van der Waals surface area (Å²) >= 11 is 5.85. The molecule has 1 saturated heterocycles.